The molecule has 196 valence electrons. The van der Waals surface area contributed by atoms with E-state index in [1.165, 1.54) is 13.0 Å². The molecule has 2 aliphatic rings. The third-order valence-electron chi connectivity index (χ3n) is 6.48. The van der Waals surface area contributed by atoms with Crippen molar-refractivity contribution >= 4 is 11.7 Å². The molecule has 1 amide bonds. The summed E-state index contributed by atoms with van der Waals surface area (Å²) in [5.74, 6) is 0.537. The number of rotatable bonds is 7. The van der Waals surface area contributed by atoms with Gasteiger partial charge in [0.15, 0.2) is 6.29 Å². The average molecular weight is 509 g/mol. The number of halogens is 3. The van der Waals surface area contributed by atoms with Gasteiger partial charge in [-0.05, 0) is 51.3 Å². The van der Waals surface area contributed by atoms with Gasteiger partial charge in [-0.3, -0.25) is 4.79 Å². The Morgan fingerprint density at radius 3 is 2.56 bits per heavy atom. The molecule has 0 aliphatic carbocycles. The van der Waals surface area contributed by atoms with E-state index in [4.69, 9.17) is 14.2 Å². The van der Waals surface area contributed by atoms with Gasteiger partial charge in [-0.15, -0.1) is 0 Å². The maximum absolute atomic E-state index is 13.5. The van der Waals surface area contributed by atoms with Gasteiger partial charge in [0.05, 0.1) is 54.6 Å². The van der Waals surface area contributed by atoms with E-state index in [0.29, 0.717) is 61.3 Å². The first-order valence-corrected chi connectivity index (χ1v) is 11.9. The number of anilines is 1. The first-order valence-electron chi connectivity index (χ1n) is 11.9. The summed E-state index contributed by atoms with van der Waals surface area (Å²) in [4.78, 5) is 22.0. The van der Waals surface area contributed by atoms with Crippen molar-refractivity contribution in [2.45, 2.75) is 64.6 Å². The Morgan fingerprint density at radius 2 is 1.92 bits per heavy atom. The van der Waals surface area contributed by atoms with E-state index in [-0.39, 0.29) is 17.9 Å². The predicted molar refractivity (Wildman–Crippen MR) is 125 cm³/mol. The number of amides is 1. The molecule has 36 heavy (non-hydrogen) atoms. The molecule has 2 N–H and O–H groups in total. The molecule has 0 spiro atoms. The second kappa shape index (κ2) is 10.3. The van der Waals surface area contributed by atoms with Crippen molar-refractivity contribution in [1.29, 1.82) is 0 Å². The number of aromatic nitrogens is 2. The van der Waals surface area contributed by atoms with Crippen molar-refractivity contribution in [2.75, 3.05) is 31.7 Å². The topological polar surface area (TPSA) is 94.6 Å². The first kappa shape index (κ1) is 26.3. The lowest BCUT2D eigenvalue weighted by Crippen LogP contribution is -2.47. The zero-order chi connectivity index (χ0) is 26.1. The molecule has 1 aromatic carbocycles. The molecular weight excluding hydrogens is 477 g/mol. The maximum atomic E-state index is 13.5. The Bertz CT molecular complexity index is 1110. The summed E-state index contributed by atoms with van der Waals surface area (Å²) >= 11 is 0. The highest BCUT2D eigenvalue weighted by Crippen LogP contribution is 2.37. The van der Waals surface area contributed by atoms with Gasteiger partial charge in [0.25, 0.3) is 0 Å². The van der Waals surface area contributed by atoms with E-state index >= 15 is 0 Å². The number of nitrogens with one attached hydrogen (secondary N) is 2. The van der Waals surface area contributed by atoms with Gasteiger partial charge in [-0.25, -0.2) is 9.97 Å². The summed E-state index contributed by atoms with van der Waals surface area (Å²) in [6.07, 6.45) is -4.58. The van der Waals surface area contributed by atoms with Gasteiger partial charge in [0, 0.05) is 6.61 Å². The number of alkyl halides is 3. The molecule has 11 heteroatoms. The fourth-order valence-electron chi connectivity index (χ4n) is 4.67. The third kappa shape index (κ3) is 5.79. The Kier molecular flexibility index (Phi) is 7.53. The van der Waals surface area contributed by atoms with Crippen molar-refractivity contribution in [1.82, 2.24) is 15.3 Å². The van der Waals surface area contributed by atoms with Crippen LogP contribution in [0.4, 0.5) is 19.0 Å². The Morgan fingerprint density at radius 1 is 1.19 bits per heavy atom. The molecule has 0 radical (unpaired) electrons. The van der Waals surface area contributed by atoms with E-state index in [1.807, 2.05) is 6.92 Å². The van der Waals surface area contributed by atoms with Crippen LogP contribution in [0.5, 0.6) is 0 Å². The summed E-state index contributed by atoms with van der Waals surface area (Å²) in [6, 6.07) is 3.58. The molecule has 2 atom stereocenters. The van der Waals surface area contributed by atoms with Crippen LogP contribution in [0.25, 0.3) is 0 Å². The molecule has 2 aromatic rings. The van der Waals surface area contributed by atoms with Crippen molar-refractivity contribution in [3.05, 3.63) is 52.0 Å². The second-order valence-corrected chi connectivity index (χ2v) is 9.53. The normalized spacial score (nSPS) is 21.5. The van der Waals surface area contributed by atoms with E-state index in [0.717, 1.165) is 6.07 Å². The monoisotopic (exact) mass is 508 g/mol. The lowest BCUT2D eigenvalue weighted by molar-refractivity contribution is -0.138. The molecule has 8 nitrogen and oxygen atoms in total. The Balaban J connectivity index is 1.65. The van der Waals surface area contributed by atoms with Crippen molar-refractivity contribution in [2.24, 2.45) is 0 Å². The highest BCUT2D eigenvalue weighted by Gasteiger charge is 2.35. The molecule has 2 fully saturated rings. The van der Waals surface area contributed by atoms with Crippen molar-refractivity contribution < 1.29 is 32.2 Å². The zero-order valence-electron chi connectivity index (χ0n) is 20.8. The minimum absolute atomic E-state index is 0.0385. The second-order valence-electron chi connectivity index (χ2n) is 9.53. The minimum atomic E-state index is -4.45. The van der Waals surface area contributed by atoms with Crippen LogP contribution >= 0.6 is 0 Å². The third-order valence-corrected chi connectivity index (χ3v) is 6.48. The standard InChI is InChI=1S/C25H31F3N4O4/c1-14-17(6-5-7-18(14)25(26,27)28)15(2)29-22-21(23-35-10-11-36-23)19(30-16(3)31-22)12-20(33)32-24(4)8-9-34-13-24/h5-7,15,23H,8-13H2,1-4H3,(H,32,33)(H,29,30,31)/t15-,24?/m1/s1. The number of hydrogen-bond acceptors (Lipinski definition) is 7. The Hall–Kier alpha value is -2.76. The van der Waals surface area contributed by atoms with Crippen molar-refractivity contribution in [3.63, 3.8) is 0 Å². The van der Waals surface area contributed by atoms with Crippen LogP contribution in [0, 0.1) is 13.8 Å². The van der Waals surface area contributed by atoms with Gasteiger partial charge in [-0.2, -0.15) is 13.2 Å². The predicted octanol–water partition coefficient (Wildman–Crippen LogP) is 4.17. The lowest BCUT2D eigenvalue weighted by atomic mass is 9.97. The minimum Gasteiger partial charge on any atom is -0.379 e. The fraction of sp³-hybridized carbons (Fsp3) is 0.560. The number of benzene rings is 1. The van der Waals surface area contributed by atoms with Gasteiger partial charge < -0.3 is 24.8 Å². The van der Waals surface area contributed by atoms with Gasteiger partial charge >= 0.3 is 6.18 Å². The van der Waals surface area contributed by atoms with Crippen LogP contribution < -0.4 is 10.6 Å². The smallest absolute Gasteiger partial charge is 0.379 e. The number of nitrogens with zero attached hydrogens (tertiary/aromatic N) is 2. The molecule has 3 heterocycles. The lowest BCUT2D eigenvalue weighted by Gasteiger charge is -2.25. The van der Waals surface area contributed by atoms with Gasteiger partial charge in [-0.1, -0.05) is 12.1 Å². The quantitative estimate of drug-likeness (QED) is 0.580. The highest BCUT2D eigenvalue weighted by atomic mass is 19.4. The molecule has 4 rings (SSSR count). The van der Waals surface area contributed by atoms with Gasteiger partial charge in [0.1, 0.15) is 11.6 Å². The number of carbonyl (C=O) groups is 1. The Labute approximate surface area is 207 Å². The molecule has 1 unspecified atom stereocenters. The SMILES string of the molecule is Cc1nc(CC(=O)NC2(C)CCOC2)c(C2OCCO2)c(N[C@H](C)c2cccc(C(F)(F)F)c2C)n1. The number of carbonyl (C=O) groups excluding carboxylic acids is 1. The molecule has 1 aromatic heterocycles. The summed E-state index contributed by atoms with van der Waals surface area (Å²) in [6.45, 7) is 8.58. The van der Waals surface area contributed by atoms with Crippen molar-refractivity contribution in [3.8, 4) is 0 Å². The summed E-state index contributed by atoms with van der Waals surface area (Å²) in [5, 5.41) is 6.25. The molecule has 0 bridgehead atoms. The zero-order valence-corrected chi connectivity index (χ0v) is 20.8. The number of aryl methyl sites for hydroxylation is 1. The summed E-state index contributed by atoms with van der Waals surface area (Å²) < 4.78 is 57.3. The molecule has 2 aliphatic heterocycles. The highest BCUT2D eigenvalue weighted by molar-refractivity contribution is 5.79. The molecular formula is C25H31F3N4O4. The van der Waals surface area contributed by atoms with Crippen LogP contribution in [-0.4, -0.2) is 47.8 Å². The van der Waals surface area contributed by atoms with E-state index in [9.17, 15) is 18.0 Å². The summed E-state index contributed by atoms with van der Waals surface area (Å²) in [5.41, 5.74) is 0.390. The fourth-order valence-corrected chi connectivity index (χ4v) is 4.67. The molecule has 2 saturated heterocycles. The largest absolute Gasteiger partial charge is 0.416 e. The number of hydrogen-bond donors (Lipinski definition) is 2. The van der Waals surface area contributed by atoms with Crippen LogP contribution in [0.15, 0.2) is 18.2 Å². The van der Waals surface area contributed by atoms with Gasteiger partial charge in [0.2, 0.25) is 5.91 Å². The number of ether oxygens (including phenoxy) is 3. The van der Waals surface area contributed by atoms with Crippen LogP contribution in [-0.2, 0) is 31.6 Å². The van der Waals surface area contributed by atoms with E-state index in [2.05, 4.69) is 20.6 Å². The summed E-state index contributed by atoms with van der Waals surface area (Å²) in [7, 11) is 0. The van der Waals surface area contributed by atoms with Crippen LogP contribution in [0.3, 0.4) is 0 Å². The molecule has 0 saturated carbocycles. The van der Waals surface area contributed by atoms with Crippen LogP contribution in [0.2, 0.25) is 0 Å². The maximum Gasteiger partial charge on any atom is 0.416 e. The van der Waals surface area contributed by atoms with E-state index < -0.39 is 29.6 Å². The van der Waals surface area contributed by atoms with E-state index in [1.54, 1.807) is 19.9 Å². The van der Waals surface area contributed by atoms with Crippen LogP contribution in [0.1, 0.15) is 66.4 Å². The first-order chi connectivity index (χ1) is 17.0. The average Bonchev–Trinajstić information content (AvgIpc) is 3.44.